The monoisotopic (exact) mass is 177 g/mol. The topological polar surface area (TPSA) is 0 Å². The SMILES string of the molecule is CC(Cl)C1C=Cc2[c]cccc21. The second kappa shape index (κ2) is 2.95. The molecule has 1 aromatic carbocycles. The van der Waals surface area contributed by atoms with Crippen LogP contribution in [0, 0.1) is 6.07 Å². The number of fused-ring (bicyclic) bond motifs is 1. The van der Waals surface area contributed by atoms with E-state index in [1.54, 1.807) is 0 Å². The Morgan fingerprint density at radius 1 is 1.58 bits per heavy atom. The highest BCUT2D eigenvalue weighted by Gasteiger charge is 2.20. The number of alkyl halides is 1. The third kappa shape index (κ3) is 1.16. The van der Waals surface area contributed by atoms with Crippen molar-refractivity contribution in [2.75, 3.05) is 0 Å². The van der Waals surface area contributed by atoms with E-state index < -0.39 is 0 Å². The van der Waals surface area contributed by atoms with Crippen LogP contribution in [0.5, 0.6) is 0 Å². The smallest absolute Gasteiger partial charge is 0.0411 e. The Labute approximate surface area is 77.9 Å². The molecular weight excluding hydrogens is 168 g/mol. The highest BCUT2D eigenvalue weighted by molar-refractivity contribution is 6.21. The fourth-order valence-electron chi connectivity index (χ4n) is 1.60. The van der Waals surface area contributed by atoms with Crippen molar-refractivity contribution in [1.82, 2.24) is 0 Å². The maximum atomic E-state index is 6.05. The summed E-state index contributed by atoms with van der Waals surface area (Å²) in [6.45, 7) is 2.03. The van der Waals surface area contributed by atoms with E-state index in [-0.39, 0.29) is 5.38 Å². The van der Waals surface area contributed by atoms with Gasteiger partial charge in [0.05, 0.1) is 0 Å². The molecule has 12 heavy (non-hydrogen) atoms. The summed E-state index contributed by atoms with van der Waals surface area (Å²) in [5, 5.41) is 0.165. The zero-order valence-corrected chi connectivity index (χ0v) is 7.68. The van der Waals surface area contributed by atoms with Gasteiger partial charge in [-0.2, -0.15) is 0 Å². The van der Waals surface area contributed by atoms with E-state index in [1.165, 1.54) is 11.1 Å². The maximum absolute atomic E-state index is 6.05. The minimum absolute atomic E-state index is 0.165. The van der Waals surface area contributed by atoms with E-state index in [1.807, 2.05) is 19.1 Å². The van der Waals surface area contributed by atoms with Crippen LogP contribution in [0.25, 0.3) is 6.08 Å². The van der Waals surface area contributed by atoms with Crippen molar-refractivity contribution in [3.63, 3.8) is 0 Å². The van der Waals surface area contributed by atoms with E-state index >= 15 is 0 Å². The third-order valence-electron chi connectivity index (χ3n) is 2.25. The molecule has 0 saturated carbocycles. The first kappa shape index (κ1) is 7.88. The lowest BCUT2D eigenvalue weighted by Gasteiger charge is -2.12. The number of allylic oxidation sites excluding steroid dienone is 1. The lowest BCUT2D eigenvalue weighted by molar-refractivity contribution is 0.828. The second-order valence-corrected chi connectivity index (χ2v) is 3.79. The molecule has 0 fully saturated rings. The zero-order chi connectivity index (χ0) is 8.55. The average molecular weight is 178 g/mol. The molecule has 0 nitrogen and oxygen atoms in total. The van der Waals surface area contributed by atoms with Crippen LogP contribution in [0.1, 0.15) is 24.0 Å². The van der Waals surface area contributed by atoms with Crippen molar-refractivity contribution in [1.29, 1.82) is 0 Å². The van der Waals surface area contributed by atoms with Crippen LogP contribution >= 0.6 is 11.6 Å². The van der Waals surface area contributed by atoms with Crippen molar-refractivity contribution < 1.29 is 0 Å². The number of rotatable bonds is 1. The van der Waals surface area contributed by atoms with E-state index in [2.05, 4.69) is 24.3 Å². The molecule has 2 rings (SSSR count). The standard InChI is InChI=1S/C11H10Cl/c1-8(12)10-7-6-9-4-2-3-5-11(9)10/h2-3,5-8,10H,1H3. The van der Waals surface area contributed by atoms with E-state index in [4.69, 9.17) is 11.6 Å². The first-order valence-corrected chi connectivity index (χ1v) is 4.55. The normalized spacial score (nSPS) is 22.3. The predicted molar refractivity (Wildman–Crippen MR) is 52.4 cm³/mol. The van der Waals surface area contributed by atoms with Crippen LogP contribution in [0.2, 0.25) is 0 Å². The van der Waals surface area contributed by atoms with Gasteiger partial charge in [-0.1, -0.05) is 30.4 Å². The molecule has 0 spiro atoms. The summed E-state index contributed by atoms with van der Waals surface area (Å²) >= 11 is 6.05. The lowest BCUT2D eigenvalue weighted by Crippen LogP contribution is -2.04. The van der Waals surface area contributed by atoms with Crippen molar-refractivity contribution in [3.05, 3.63) is 41.5 Å². The van der Waals surface area contributed by atoms with Crippen molar-refractivity contribution in [2.24, 2.45) is 0 Å². The molecule has 0 aromatic heterocycles. The fourth-order valence-corrected chi connectivity index (χ4v) is 1.82. The molecule has 1 heteroatoms. The van der Waals surface area contributed by atoms with Crippen LogP contribution in [-0.4, -0.2) is 5.38 Å². The lowest BCUT2D eigenvalue weighted by atomic mass is 9.98. The number of hydrogen-bond donors (Lipinski definition) is 0. The summed E-state index contributed by atoms with van der Waals surface area (Å²) in [5.74, 6) is 0.374. The van der Waals surface area contributed by atoms with Gasteiger partial charge in [-0.15, -0.1) is 11.6 Å². The number of benzene rings is 1. The molecule has 0 N–H and O–H groups in total. The minimum atomic E-state index is 0.165. The Balaban J connectivity index is 2.42. The number of hydrogen-bond acceptors (Lipinski definition) is 0. The van der Waals surface area contributed by atoms with Gasteiger partial charge in [-0.25, -0.2) is 0 Å². The molecule has 0 aliphatic heterocycles. The quantitative estimate of drug-likeness (QED) is 0.578. The molecule has 0 bridgehead atoms. The fraction of sp³-hybridized carbons (Fsp3) is 0.273. The third-order valence-corrected chi connectivity index (χ3v) is 2.52. The molecule has 0 heterocycles. The molecule has 1 aromatic rings. The number of halogens is 1. The summed E-state index contributed by atoms with van der Waals surface area (Å²) in [4.78, 5) is 0. The van der Waals surface area contributed by atoms with Gasteiger partial charge in [0, 0.05) is 11.3 Å². The molecular formula is C11H10Cl. The summed E-state index contributed by atoms with van der Waals surface area (Å²) in [7, 11) is 0. The van der Waals surface area contributed by atoms with E-state index in [9.17, 15) is 0 Å². The van der Waals surface area contributed by atoms with Gasteiger partial charge >= 0.3 is 0 Å². The first-order valence-electron chi connectivity index (χ1n) is 4.12. The molecule has 61 valence electrons. The molecule has 2 unspecified atom stereocenters. The highest BCUT2D eigenvalue weighted by atomic mass is 35.5. The van der Waals surface area contributed by atoms with Crippen molar-refractivity contribution in [2.45, 2.75) is 18.2 Å². The van der Waals surface area contributed by atoms with Gasteiger partial charge in [0.1, 0.15) is 0 Å². The predicted octanol–water partition coefficient (Wildman–Crippen LogP) is 3.22. The highest BCUT2D eigenvalue weighted by Crippen LogP contribution is 2.33. The van der Waals surface area contributed by atoms with Crippen molar-refractivity contribution >= 4 is 17.7 Å². The van der Waals surface area contributed by atoms with Gasteiger partial charge in [-0.3, -0.25) is 0 Å². The Morgan fingerprint density at radius 3 is 3.17 bits per heavy atom. The van der Waals surface area contributed by atoms with Crippen LogP contribution < -0.4 is 0 Å². The van der Waals surface area contributed by atoms with E-state index in [0.717, 1.165) is 0 Å². The largest absolute Gasteiger partial charge is 0.122 e. The Bertz CT molecular complexity index is 313. The summed E-state index contributed by atoms with van der Waals surface area (Å²) in [6.07, 6.45) is 4.25. The minimum Gasteiger partial charge on any atom is -0.122 e. The van der Waals surface area contributed by atoms with E-state index in [0.29, 0.717) is 5.92 Å². The zero-order valence-electron chi connectivity index (χ0n) is 6.92. The summed E-state index contributed by atoms with van der Waals surface area (Å²) in [6, 6.07) is 9.26. The molecule has 0 amide bonds. The van der Waals surface area contributed by atoms with Crippen LogP contribution in [0.3, 0.4) is 0 Å². The van der Waals surface area contributed by atoms with Gasteiger partial charge < -0.3 is 0 Å². The average Bonchev–Trinajstić information content (AvgIpc) is 2.47. The van der Waals surface area contributed by atoms with Crippen molar-refractivity contribution in [3.8, 4) is 0 Å². The molecule has 0 saturated heterocycles. The summed E-state index contributed by atoms with van der Waals surface area (Å²) < 4.78 is 0. The molecule has 2 atom stereocenters. The Hall–Kier alpha value is -0.750. The van der Waals surface area contributed by atoms with Crippen LogP contribution in [-0.2, 0) is 0 Å². The van der Waals surface area contributed by atoms with Gasteiger partial charge in [-0.05, 0) is 24.1 Å². The maximum Gasteiger partial charge on any atom is 0.0411 e. The first-order chi connectivity index (χ1) is 5.79. The molecule has 1 aliphatic rings. The summed E-state index contributed by atoms with van der Waals surface area (Å²) in [5.41, 5.74) is 2.50. The molecule has 1 aliphatic carbocycles. The Kier molecular flexibility index (Phi) is 1.93. The molecule has 1 radical (unpaired) electrons. The van der Waals surface area contributed by atoms with Crippen LogP contribution in [0.15, 0.2) is 24.3 Å². The van der Waals surface area contributed by atoms with Gasteiger partial charge in [0.2, 0.25) is 0 Å². The second-order valence-electron chi connectivity index (χ2n) is 3.10. The van der Waals surface area contributed by atoms with Gasteiger partial charge in [0.25, 0.3) is 0 Å². The van der Waals surface area contributed by atoms with Crippen LogP contribution in [0.4, 0.5) is 0 Å². The van der Waals surface area contributed by atoms with Gasteiger partial charge in [0.15, 0.2) is 0 Å². The Morgan fingerprint density at radius 2 is 2.42 bits per heavy atom.